The van der Waals surface area contributed by atoms with E-state index < -0.39 is 11.5 Å². The zero-order chi connectivity index (χ0) is 15.0. The van der Waals surface area contributed by atoms with E-state index in [1.165, 1.54) is 0 Å². The van der Waals surface area contributed by atoms with Gasteiger partial charge >= 0.3 is 5.97 Å². The average Bonchev–Trinajstić information content (AvgIpc) is 2.41. The van der Waals surface area contributed by atoms with Gasteiger partial charge in [0.15, 0.2) is 0 Å². The van der Waals surface area contributed by atoms with Crippen molar-refractivity contribution < 1.29 is 9.90 Å². The summed E-state index contributed by atoms with van der Waals surface area (Å²) in [5.41, 5.74) is -0.828. The monoisotopic (exact) mass is 315 g/mol. The molecule has 0 amide bonds. The molecule has 0 bridgehead atoms. The normalized spacial score (nSPS) is 13.9. The van der Waals surface area contributed by atoms with Crippen molar-refractivity contribution in [2.24, 2.45) is 0 Å². The van der Waals surface area contributed by atoms with Crippen molar-refractivity contribution in [2.75, 3.05) is 12.3 Å². The van der Waals surface area contributed by atoms with E-state index in [0.29, 0.717) is 6.42 Å². The molecule has 0 aliphatic rings. The molecule has 0 aromatic heterocycles. The first-order valence-electron chi connectivity index (χ1n) is 6.85. The Morgan fingerprint density at radius 1 is 1.50 bits per heavy atom. The van der Waals surface area contributed by atoms with Crippen LogP contribution in [0.5, 0.6) is 0 Å². The fraction of sp³-hybridized carbons (Fsp3) is 0.533. The van der Waals surface area contributed by atoms with Gasteiger partial charge in [-0.25, -0.2) is 0 Å². The van der Waals surface area contributed by atoms with Crippen LogP contribution in [0.2, 0.25) is 5.02 Å². The largest absolute Gasteiger partial charge is 0.480 e. The van der Waals surface area contributed by atoms with Crippen LogP contribution in [-0.2, 0) is 4.79 Å². The number of halogens is 1. The van der Waals surface area contributed by atoms with E-state index in [9.17, 15) is 9.90 Å². The molecule has 0 heterocycles. The molecular formula is C15H22ClNO2S. The second-order valence-corrected chi connectivity index (χ2v) is 6.58. The van der Waals surface area contributed by atoms with Crippen LogP contribution in [0.15, 0.2) is 29.2 Å². The number of aliphatic carboxylic acids is 1. The van der Waals surface area contributed by atoms with Gasteiger partial charge in [0.1, 0.15) is 5.54 Å². The van der Waals surface area contributed by atoms with Gasteiger partial charge in [-0.15, -0.1) is 11.8 Å². The van der Waals surface area contributed by atoms with Gasteiger partial charge < -0.3 is 10.4 Å². The van der Waals surface area contributed by atoms with E-state index in [1.54, 1.807) is 18.7 Å². The molecular weight excluding hydrogens is 294 g/mol. The van der Waals surface area contributed by atoms with E-state index >= 15 is 0 Å². The third-order valence-corrected chi connectivity index (χ3v) is 4.44. The first-order chi connectivity index (χ1) is 9.48. The summed E-state index contributed by atoms with van der Waals surface area (Å²) in [5, 5.41) is 13.2. The van der Waals surface area contributed by atoms with Gasteiger partial charge in [0, 0.05) is 9.92 Å². The Hall–Kier alpha value is -0.710. The van der Waals surface area contributed by atoms with Crippen LogP contribution in [0, 0.1) is 0 Å². The van der Waals surface area contributed by atoms with Crippen LogP contribution >= 0.6 is 23.4 Å². The Balaban J connectivity index is 2.39. The number of carbonyl (C=O) groups is 1. The fourth-order valence-corrected chi connectivity index (χ4v) is 3.01. The average molecular weight is 316 g/mol. The third-order valence-electron chi connectivity index (χ3n) is 3.12. The van der Waals surface area contributed by atoms with Crippen LogP contribution in [0.1, 0.15) is 33.1 Å². The SMILES string of the molecule is CCCNC(C)(CCCSc1cccc(Cl)c1)C(=O)O. The van der Waals surface area contributed by atoms with Crippen molar-refractivity contribution in [3.05, 3.63) is 29.3 Å². The van der Waals surface area contributed by atoms with E-state index in [1.807, 2.05) is 31.2 Å². The molecule has 0 spiro atoms. The lowest BCUT2D eigenvalue weighted by Crippen LogP contribution is -2.49. The van der Waals surface area contributed by atoms with Gasteiger partial charge in [0.2, 0.25) is 0 Å². The predicted molar refractivity (Wildman–Crippen MR) is 85.7 cm³/mol. The number of nitrogens with one attached hydrogen (secondary N) is 1. The maximum Gasteiger partial charge on any atom is 0.323 e. The molecule has 0 aliphatic heterocycles. The number of carboxylic acids is 1. The number of rotatable bonds is 9. The van der Waals surface area contributed by atoms with Crippen molar-refractivity contribution in [2.45, 2.75) is 43.5 Å². The van der Waals surface area contributed by atoms with Crippen LogP contribution in [0.3, 0.4) is 0 Å². The highest BCUT2D eigenvalue weighted by Crippen LogP contribution is 2.24. The number of hydrogen-bond donors (Lipinski definition) is 2. The fourth-order valence-electron chi connectivity index (χ4n) is 1.84. The Morgan fingerprint density at radius 2 is 2.25 bits per heavy atom. The number of benzene rings is 1. The topological polar surface area (TPSA) is 49.3 Å². The molecule has 2 N–H and O–H groups in total. The van der Waals surface area contributed by atoms with Gasteiger partial charge in [-0.1, -0.05) is 24.6 Å². The Labute approximate surface area is 130 Å². The lowest BCUT2D eigenvalue weighted by atomic mass is 9.96. The number of carboxylic acid groups (broad SMARTS) is 1. The summed E-state index contributed by atoms with van der Waals surface area (Å²) in [4.78, 5) is 12.5. The molecule has 0 fully saturated rings. The summed E-state index contributed by atoms with van der Waals surface area (Å²) in [5.74, 6) is 0.107. The summed E-state index contributed by atoms with van der Waals surface area (Å²) in [6, 6.07) is 7.72. The molecule has 1 unspecified atom stereocenters. The molecule has 5 heteroatoms. The molecule has 3 nitrogen and oxygen atoms in total. The van der Waals surface area contributed by atoms with E-state index in [0.717, 1.165) is 35.1 Å². The maximum absolute atomic E-state index is 11.3. The van der Waals surface area contributed by atoms with Crippen LogP contribution < -0.4 is 5.32 Å². The molecule has 1 rings (SSSR count). The van der Waals surface area contributed by atoms with Crippen molar-refractivity contribution in [3.8, 4) is 0 Å². The third kappa shape index (κ3) is 5.73. The van der Waals surface area contributed by atoms with Gasteiger partial charge in [0.25, 0.3) is 0 Å². The van der Waals surface area contributed by atoms with Gasteiger partial charge in [0.05, 0.1) is 0 Å². The minimum absolute atomic E-state index is 0.621. The predicted octanol–water partition coefficient (Wildman–Crippen LogP) is 4.06. The Morgan fingerprint density at radius 3 is 2.85 bits per heavy atom. The molecule has 0 saturated heterocycles. The number of thioether (sulfide) groups is 1. The molecule has 0 saturated carbocycles. The quantitative estimate of drug-likeness (QED) is 0.533. The minimum Gasteiger partial charge on any atom is -0.480 e. The summed E-state index contributed by atoms with van der Waals surface area (Å²) in [6.07, 6.45) is 2.40. The smallest absolute Gasteiger partial charge is 0.323 e. The summed E-state index contributed by atoms with van der Waals surface area (Å²) in [7, 11) is 0. The highest BCUT2D eigenvalue weighted by atomic mass is 35.5. The minimum atomic E-state index is -0.828. The Bertz CT molecular complexity index is 442. The first-order valence-corrected chi connectivity index (χ1v) is 8.21. The molecule has 0 radical (unpaired) electrons. The van der Waals surface area contributed by atoms with E-state index in [2.05, 4.69) is 5.32 Å². The molecule has 0 aliphatic carbocycles. The van der Waals surface area contributed by atoms with Gasteiger partial charge in [-0.2, -0.15) is 0 Å². The molecule has 112 valence electrons. The summed E-state index contributed by atoms with van der Waals surface area (Å²) < 4.78 is 0. The summed E-state index contributed by atoms with van der Waals surface area (Å²) >= 11 is 7.63. The first kappa shape index (κ1) is 17.3. The maximum atomic E-state index is 11.3. The number of hydrogen-bond acceptors (Lipinski definition) is 3. The standard InChI is InChI=1S/C15H22ClNO2S/c1-3-9-17-15(2,14(18)19)8-5-10-20-13-7-4-6-12(16)11-13/h4,6-7,11,17H,3,5,8-10H2,1-2H3,(H,18,19). The van der Waals surface area contributed by atoms with Crippen LogP contribution in [0.25, 0.3) is 0 Å². The molecule has 1 aromatic carbocycles. The zero-order valence-electron chi connectivity index (χ0n) is 12.0. The van der Waals surface area contributed by atoms with Crippen molar-refractivity contribution in [1.82, 2.24) is 5.32 Å². The highest BCUT2D eigenvalue weighted by molar-refractivity contribution is 7.99. The van der Waals surface area contributed by atoms with Crippen LogP contribution in [-0.4, -0.2) is 28.9 Å². The molecule has 20 heavy (non-hydrogen) atoms. The van der Waals surface area contributed by atoms with Crippen molar-refractivity contribution in [1.29, 1.82) is 0 Å². The van der Waals surface area contributed by atoms with Crippen molar-refractivity contribution in [3.63, 3.8) is 0 Å². The lowest BCUT2D eigenvalue weighted by Gasteiger charge is -2.26. The van der Waals surface area contributed by atoms with E-state index in [-0.39, 0.29) is 0 Å². The second kappa shape index (κ2) is 8.55. The van der Waals surface area contributed by atoms with E-state index in [4.69, 9.17) is 11.6 Å². The van der Waals surface area contributed by atoms with Crippen LogP contribution in [0.4, 0.5) is 0 Å². The molecule has 1 atom stereocenters. The highest BCUT2D eigenvalue weighted by Gasteiger charge is 2.31. The van der Waals surface area contributed by atoms with Crippen molar-refractivity contribution >= 4 is 29.3 Å². The van der Waals surface area contributed by atoms with Gasteiger partial charge in [-0.05, 0) is 56.7 Å². The lowest BCUT2D eigenvalue weighted by molar-refractivity contribution is -0.144. The second-order valence-electron chi connectivity index (χ2n) is 4.97. The summed E-state index contributed by atoms with van der Waals surface area (Å²) in [6.45, 7) is 4.52. The van der Waals surface area contributed by atoms with Gasteiger partial charge in [-0.3, -0.25) is 4.79 Å². The molecule has 1 aromatic rings. The Kier molecular flexibility index (Phi) is 7.41. The zero-order valence-corrected chi connectivity index (χ0v) is 13.6.